The summed E-state index contributed by atoms with van der Waals surface area (Å²) in [6.07, 6.45) is 0. The van der Waals surface area contributed by atoms with E-state index in [9.17, 15) is 14.4 Å². The average Bonchev–Trinajstić information content (AvgIpc) is 2.85. The van der Waals surface area contributed by atoms with Gasteiger partial charge in [-0.1, -0.05) is 30.3 Å². The summed E-state index contributed by atoms with van der Waals surface area (Å²) in [4.78, 5) is 36.5. The molecule has 32 heavy (non-hydrogen) atoms. The molecule has 2 amide bonds. The first-order chi connectivity index (χ1) is 15.5. The zero-order valence-corrected chi connectivity index (χ0v) is 17.9. The van der Waals surface area contributed by atoms with Crippen LogP contribution < -0.4 is 15.4 Å². The summed E-state index contributed by atoms with van der Waals surface area (Å²) in [5, 5.41) is 5.66. The van der Waals surface area contributed by atoms with Crippen LogP contribution in [0.15, 0.2) is 72.8 Å². The van der Waals surface area contributed by atoms with Crippen molar-refractivity contribution in [3.8, 4) is 5.75 Å². The molecule has 0 aromatic heterocycles. The van der Waals surface area contributed by atoms with Crippen LogP contribution >= 0.6 is 0 Å². The van der Waals surface area contributed by atoms with Crippen molar-refractivity contribution >= 4 is 17.8 Å². The third kappa shape index (κ3) is 5.95. The topological polar surface area (TPSA) is 93.7 Å². The molecule has 0 aliphatic carbocycles. The quantitative estimate of drug-likeness (QED) is 0.533. The number of ether oxygens (including phenoxy) is 2. The van der Waals surface area contributed by atoms with E-state index >= 15 is 0 Å². The van der Waals surface area contributed by atoms with Crippen molar-refractivity contribution in [1.29, 1.82) is 0 Å². The van der Waals surface area contributed by atoms with Crippen LogP contribution in [0.1, 0.15) is 42.2 Å². The maximum absolute atomic E-state index is 12.5. The van der Waals surface area contributed by atoms with Crippen molar-refractivity contribution in [2.45, 2.75) is 13.1 Å². The zero-order chi connectivity index (χ0) is 22.9. The van der Waals surface area contributed by atoms with Crippen molar-refractivity contribution in [2.24, 2.45) is 0 Å². The minimum absolute atomic E-state index is 0.277. The summed E-state index contributed by atoms with van der Waals surface area (Å²) < 4.78 is 9.86. The molecule has 0 unspecified atom stereocenters. The monoisotopic (exact) mass is 432 g/mol. The van der Waals surface area contributed by atoms with Gasteiger partial charge in [-0.25, -0.2) is 4.79 Å². The predicted octanol–water partition coefficient (Wildman–Crippen LogP) is 3.34. The second kappa shape index (κ2) is 10.8. The molecule has 7 nitrogen and oxygen atoms in total. The minimum atomic E-state index is -0.415. The summed E-state index contributed by atoms with van der Waals surface area (Å²) >= 11 is 0. The van der Waals surface area contributed by atoms with Crippen LogP contribution in [0.5, 0.6) is 5.75 Å². The smallest absolute Gasteiger partial charge is 0.337 e. The average molecular weight is 432 g/mol. The third-order valence-corrected chi connectivity index (χ3v) is 4.80. The fraction of sp³-hybridized carbons (Fsp3) is 0.160. The summed E-state index contributed by atoms with van der Waals surface area (Å²) in [5.41, 5.74) is 2.95. The van der Waals surface area contributed by atoms with Gasteiger partial charge in [-0.3, -0.25) is 9.59 Å². The second-order valence-corrected chi connectivity index (χ2v) is 6.99. The highest BCUT2D eigenvalue weighted by atomic mass is 16.5. The van der Waals surface area contributed by atoms with Gasteiger partial charge in [-0.2, -0.15) is 0 Å². The maximum atomic E-state index is 12.5. The molecule has 2 N–H and O–H groups in total. The molecule has 164 valence electrons. The molecule has 0 atom stereocenters. The fourth-order valence-corrected chi connectivity index (χ4v) is 3.03. The summed E-state index contributed by atoms with van der Waals surface area (Å²) in [6, 6.07) is 20.7. The molecule has 0 radical (unpaired) electrons. The molecule has 7 heteroatoms. The lowest BCUT2D eigenvalue weighted by molar-refractivity contribution is 0.0600. The molecule has 0 saturated heterocycles. The maximum Gasteiger partial charge on any atom is 0.337 e. The molecule has 0 aliphatic heterocycles. The van der Waals surface area contributed by atoms with Gasteiger partial charge in [0, 0.05) is 24.2 Å². The van der Waals surface area contributed by atoms with Gasteiger partial charge >= 0.3 is 5.97 Å². The van der Waals surface area contributed by atoms with Crippen LogP contribution in [0.25, 0.3) is 0 Å². The van der Waals surface area contributed by atoms with E-state index in [0.29, 0.717) is 23.2 Å². The zero-order valence-electron chi connectivity index (χ0n) is 17.9. The molecule has 3 aromatic carbocycles. The molecule has 0 spiro atoms. The SMILES string of the molecule is COC(=O)c1ccc(CNC(=O)c2cccc(C(=O)NCc3cccc(OC)c3)c2)cc1. The van der Waals surface area contributed by atoms with Crippen LogP contribution in [0.2, 0.25) is 0 Å². The van der Waals surface area contributed by atoms with E-state index in [1.807, 2.05) is 24.3 Å². The van der Waals surface area contributed by atoms with Gasteiger partial charge in [-0.15, -0.1) is 0 Å². The van der Waals surface area contributed by atoms with Crippen LogP contribution in [-0.2, 0) is 17.8 Å². The Labute approximate surface area is 186 Å². The minimum Gasteiger partial charge on any atom is -0.497 e. The van der Waals surface area contributed by atoms with E-state index in [4.69, 9.17) is 4.74 Å². The van der Waals surface area contributed by atoms with Gasteiger partial charge in [0.1, 0.15) is 5.75 Å². The second-order valence-electron chi connectivity index (χ2n) is 6.99. The Balaban J connectivity index is 1.57. The number of carbonyl (C=O) groups excluding carboxylic acids is 3. The Bertz CT molecular complexity index is 1110. The molecule has 0 fully saturated rings. The van der Waals surface area contributed by atoms with Crippen molar-refractivity contribution in [1.82, 2.24) is 10.6 Å². The van der Waals surface area contributed by atoms with Crippen LogP contribution in [0.4, 0.5) is 0 Å². The summed E-state index contributed by atoms with van der Waals surface area (Å²) in [5.74, 6) is -0.275. The van der Waals surface area contributed by atoms with Gasteiger partial charge in [-0.05, 0) is 53.6 Å². The lowest BCUT2D eigenvalue weighted by Gasteiger charge is -2.09. The van der Waals surface area contributed by atoms with Gasteiger partial charge in [0.15, 0.2) is 0 Å². The van der Waals surface area contributed by atoms with Crippen molar-refractivity contribution in [3.05, 3.63) is 101 Å². The van der Waals surface area contributed by atoms with E-state index in [1.165, 1.54) is 7.11 Å². The summed E-state index contributed by atoms with van der Waals surface area (Å²) in [6.45, 7) is 0.626. The molecule has 0 bridgehead atoms. The number of methoxy groups -OCH3 is 2. The molecule has 0 heterocycles. The summed E-state index contributed by atoms with van der Waals surface area (Å²) in [7, 11) is 2.91. The molecule has 0 aliphatic rings. The van der Waals surface area contributed by atoms with Crippen LogP contribution in [-0.4, -0.2) is 32.0 Å². The van der Waals surface area contributed by atoms with Crippen molar-refractivity contribution in [2.75, 3.05) is 14.2 Å². The van der Waals surface area contributed by atoms with E-state index in [2.05, 4.69) is 15.4 Å². The lowest BCUT2D eigenvalue weighted by Crippen LogP contribution is -2.25. The number of hydrogen-bond donors (Lipinski definition) is 2. The number of amides is 2. The van der Waals surface area contributed by atoms with Crippen LogP contribution in [0.3, 0.4) is 0 Å². The molecule has 3 rings (SSSR count). The largest absolute Gasteiger partial charge is 0.497 e. The standard InChI is InChI=1S/C25H24N2O5/c1-31-22-8-3-5-18(13-22)16-27-24(29)21-7-4-6-20(14-21)23(28)26-15-17-9-11-19(12-10-17)25(30)32-2/h3-14H,15-16H2,1-2H3,(H,26,28)(H,27,29). The van der Waals surface area contributed by atoms with Gasteiger partial charge in [0.2, 0.25) is 0 Å². The number of hydrogen-bond acceptors (Lipinski definition) is 5. The lowest BCUT2D eigenvalue weighted by atomic mass is 10.1. The molecule has 0 saturated carbocycles. The highest BCUT2D eigenvalue weighted by molar-refractivity contribution is 5.99. The number of rotatable bonds is 8. The number of carbonyl (C=O) groups is 3. The normalized spacial score (nSPS) is 10.2. The number of benzene rings is 3. The Morgan fingerprint density at radius 1 is 0.688 bits per heavy atom. The van der Waals surface area contributed by atoms with Crippen LogP contribution in [0, 0.1) is 0 Å². The van der Waals surface area contributed by atoms with E-state index in [-0.39, 0.29) is 18.4 Å². The first-order valence-corrected chi connectivity index (χ1v) is 9.97. The first-order valence-electron chi connectivity index (χ1n) is 9.97. The Kier molecular flexibility index (Phi) is 7.59. The fourth-order valence-electron chi connectivity index (χ4n) is 3.03. The molecular formula is C25H24N2O5. The van der Waals surface area contributed by atoms with Crippen molar-refractivity contribution in [3.63, 3.8) is 0 Å². The Hall–Kier alpha value is -4.13. The van der Waals surface area contributed by atoms with E-state index < -0.39 is 5.97 Å². The highest BCUT2D eigenvalue weighted by Gasteiger charge is 2.11. The van der Waals surface area contributed by atoms with E-state index in [0.717, 1.165) is 16.9 Å². The highest BCUT2D eigenvalue weighted by Crippen LogP contribution is 2.13. The Morgan fingerprint density at radius 3 is 1.88 bits per heavy atom. The van der Waals surface area contributed by atoms with Crippen molar-refractivity contribution < 1.29 is 23.9 Å². The Morgan fingerprint density at radius 2 is 1.28 bits per heavy atom. The van der Waals surface area contributed by atoms with Gasteiger partial charge < -0.3 is 20.1 Å². The third-order valence-electron chi connectivity index (χ3n) is 4.80. The number of nitrogens with one attached hydrogen (secondary N) is 2. The van der Waals surface area contributed by atoms with Gasteiger partial charge in [0.25, 0.3) is 11.8 Å². The molecular weight excluding hydrogens is 408 g/mol. The predicted molar refractivity (Wildman–Crippen MR) is 120 cm³/mol. The van der Waals surface area contributed by atoms with Gasteiger partial charge in [0.05, 0.1) is 19.8 Å². The van der Waals surface area contributed by atoms with E-state index in [1.54, 1.807) is 55.6 Å². The number of esters is 1. The molecule has 3 aromatic rings. The first kappa shape index (κ1) is 22.6.